The minimum atomic E-state index is -0.403. The zero-order chi connectivity index (χ0) is 8.59. The topological polar surface area (TPSA) is 34.9 Å². The normalized spacial score (nSPS) is 10.2. The molecule has 60 valence electrons. The lowest BCUT2D eigenvalue weighted by molar-refractivity contribution is 0.698. The van der Waals surface area contributed by atoms with Crippen molar-refractivity contribution in [3.63, 3.8) is 0 Å². The summed E-state index contributed by atoms with van der Waals surface area (Å²) in [6.45, 7) is 0. The van der Waals surface area contributed by atoms with Gasteiger partial charge in [0.2, 0.25) is 0 Å². The van der Waals surface area contributed by atoms with Crippen molar-refractivity contribution >= 4 is 39.1 Å². The molecule has 0 N–H and O–H groups in total. The molecule has 6 heteroatoms. The molecule has 0 aliphatic heterocycles. The summed E-state index contributed by atoms with van der Waals surface area (Å²) in [4.78, 5) is 11.0. The lowest BCUT2D eigenvalue weighted by atomic mass is 10.6. The Morgan fingerprint density at radius 3 is 2.55 bits per heavy atom. The highest BCUT2D eigenvalue weighted by Crippen LogP contribution is 2.24. The molecule has 0 aliphatic carbocycles. The van der Waals surface area contributed by atoms with Crippen LogP contribution in [0.1, 0.15) is 0 Å². The van der Waals surface area contributed by atoms with E-state index in [1.165, 1.54) is 7.05 Å². The molecule has 0 spiro atoms. The molecule has 0 saturated heterocycles. The molecule has 0 amide bonds. The van der Waals surface area contributed by atoms with Crippen LogP contribution >= 0.6 is 39.1 Å². The maximum Gasteiger partial charge on any atom is 0.286 e. The fourth-order valence-corrected chi connectivity index (χ4v) is 1.43. The Labute approximate surface area is 81.0 Å². The molecule has 0 unspecified atom stereocenters. The van der Waals surface area contributed by atoms with E-state index in [1.54, 1.807) is 0 Å². The van der Waals surface area contributed by atoms with E-state index < -0.39 is 5.56 Å². The molecular weight excluding hydrogens is 255 g/mol. The SMILES string of the molecule is Cn1nc(Br)c(Cl)c(Cl)c1=O. The van der Waals surface area contributed by atoms with E-state index in [9.17, 15) is 4.79 Å². The van der Waals surface area contributed by atoms with Gasteiger partial charge in [-0.05, 0) is 15.9 Å². The van der Waals surface area contributed by atoms with Crippen molar-refractivity contribution in [1.82, 2.24) is 9.78 Å². The van der Waals surface area contributed by atoms with Gasteiger partial charge in [-0.2, -0.15) is 5.10 Å². The fraction of sp³-hybridized carbons (Fsp3) is 0.200. The van der Waals surface area contributed by atoms with E-state index in [-0.39, 0.29) is 10.0 Å². The van der Waals surface area contributed by atoms with Gasteiger partial charge in [-0.15, -0.1) is 0 Å². The summed E-state index contributed by atoms with van der Waals surface area (Å²) in [5, 5.41) is 3.87. The maximum absolute atomic E-state index is 11.0. The van der Waals surface area contributed by atoms with Gasteiger partial charge in [-0.25, -0.2) is 4.68 Å². The standard InChI is InChI=1S/C5H3BrCl2N2O/c1-10-5(11)3(8)2(7)4(6)9-10/h1H3. The Balaban J connectivity index is 3.59. The van der Waals surface area contributed by atoms with Gasteiger partial charge in [0.25, 0.3) is 5.56 Å². The highest BCUT2D eigenvalue weighted by molar-refractivity contribution is 9.10. The third kappa shape index (κ3) is 1.58. The number of rotatable bonds is 0. The van der Waals surface area contributed by atoms with Gasteiger partial charge >= 0.3 is 0 Å². The average molecular weight is 258 g/mol. The third-order valence-electron chi connectivity index (χ3n) is 1.09. The van der Waals surface area contributed by atoms with Gasteiger partial charge in [-0.3, -0.25) is 4.79 Å². The lowest BCUT2D eigenvalue weighted by Gasteiger charge is -1.99. The van der Waals surface area contributed by atoms with Crippen LogP contribution < -0.4 is 5.56 Å². The summed E-state index contributed by atoms with van der Waals surface area (Å²) in [7, 11) is 1.50. The number of hydrogen-bond acceptors (Lipinski definition) is 2. The Morgan fingerprint density at radius 1 is 1.45 bits per heavy atom. The molecule has 1 rings (SSSR count). The van der Waals surface area contributed by atoms with Crippen molar-refractivity contribution in [1.29, 1.82) is 0 Å². The van der Waals surface area contributed by atoms with Crippen LogP contribution in [-0.4, -0.2) is 9.78 Å². The van der Waals surface area contributed by atoms with Crippen molar-refractivity contribution in [3.05, 3.63) is 25.0 Å². The molecule has 0 bridgehead atoms. The summed E-state index contributed by atoms with van der Waals surface area (Å²) < 4.78 is 1.48. The fourth-order valence-electron chi connectivity index (χ4n) is 0.548. The minimum Gasteiger partial charge on any atom is -0.266 e. The Hall–Kier alpha value is -0.0600. The first-order valence-electron chi connectivity index (χ1n) is 2.62. The number of halogens is 3. The van der Waals surface area contributed by atoms with E-state index in [4.69, 9.17) is 23.2 Å². The van der Waals surface area contributed by atoms with E-state index in [0.717, 1.165) is 4.68 Å². The molecule has 3 nitrogen and oxygen atoms in total. The van der Waals surface area contributed by atoms with Gasteiger partial charge in [0.15, 0.2) is 0 Å². The number of aromatic nitrogens is 2. The Morgan fingerprint density at radius 2 is 2.00 bits per heavy atom. The quantitative estimate of drug-likeness (QED) is 0.711. The molecule has 1 aromatic rings. The maximum atomic E-state index is 11.0. The monoisotopic (exact) mass is 256 g/mol. The van der Waals surface area contributed by atoms with Gasteiger partial charge in [0.05, 0.1) is 5.02 Å². The molecule has 0 aliphatic rings. The summed E-state index contributed by atoms with van der Waals surface area (Å²) in [5.41, 5.74) is -0.403. The zero-order valence-electron chi connectivity index (χ0n) is 5.44. The van der Waals surface area contributed by atoms with E-state index in [2.05, 4.69) is 21.0 Å². The zero-order valence-corrected chi connectivity index (χ0v) is 8.53. The molecule has 11 heavy (non-hydrogen) atoms. The van der Waals surface area contributed by atoms with Crippen molar-refractivity contribution in [3.8, 4) is 0 Å². The van der Waals surface area contributed by atoms with Crippen LogP contribution in [0.3, 0.4) is 0 Å². The summed E-state index contributed by atoms with van der Waals surface area (Å²) in [5.74, 6) is 0. The predicted octanol–water partition coefficient (Wildman–Crippen LogP) is 1.85. The van der Waals surface area contributed by atoms with E-state index >= 15 is 0 Å². The molecule has 0 aromatic carbocycles. The summed E-state index contributed by atoms with van der Waals surface area (Å²) in [6.07, 6.45) is 0. The van der Waals surface area contributed by atoms with Crippen molar-refractivity contribution in [2.24, 2.45) is 7.05 Å². The first kappa shape index (κ1) is 9.03. The van der Waals surface area contributed by atoms with Crippen LogP contribution in [0.15, 0.2) is 9.40 Å². The Kier molecular flexibility index (Phi) is 2.57. The van der Waals surface area contributed by atoms with Crippen molar-refractivity contribution in [2.75, 3.05) is 0 Å². The lowest BCUT2D eigenvalue weighted by Crippen LogP contribution is -2.20. The van der Waals surface area contributed by atoms with E-state index in [1.807, 2.05) is 0 Å². The van der Waals surface area contributed by atoms with Crippen LogP contribution in [0.4, 0.5) is 0 Å². The Bertz CT molecular complexity index is 349. The molecular formula is C5H3BrCl2N2O. The first-order chi connectivity index (χ1) is 5.04. The number of hydrogen-bond donors (Lipinski definition) is 0. The molecule has 0 atom stereocenters. The second-order valence-electron chi connectivity index (χ2n) is 1.85. The van der Waals surface area contributed by atoms with Crippen LogP contribution in [0.5, 0.6) is 0 Å². The third-order valence-corrected chi connectivity index (χ3v) is 2.69. The summed E-state index contributed by atoms with van der Waals surface area (Å²) >= 11 is 14.2. The van der Waals surface area contributed by atoms with E-state index in [0.29, 0.717) is 4.60 Å². The highest BCUT2D eigenvalue weighted by atomic mass is 79.9. The predicted molar refractivity (Wildman–Crippen MR) is 47.2 cm³/mol. The van der Waals surface area contributed by atoms with Gasteiger partial charge < -0.3 is 0 Å². The molecule has 0 saturated carbocycles. The van der Waals surface area contributed by atoms with Gasteiger partial charge in [-0.1, -0.05) is 23.2 Å². The van der Waals surface area contributed by atoms with Crippen molar-refractivity contribution in [2.45, 2.75) is 0 Å². The minimum absolute atomic E-state index is 0.0176. The average Bonchev–Trinajstić information content (AvgIpc) is 1.97. The van der Waals surface area contributed by atoms with Crippen LogP contribution in [0.2, 0.25) is 10.0 Å². The summed E-state index contributed by atoms with van der Waals surface area (Å²) in [6, 6.07) is 0. The number of aryl methyl sites for hydroxylation is 1. The smallest absolute Gasteiger partial charge is 0.266 e. The second kappa shape index (κ2) is 3.13. The molecule has 1 aromatic heterocycles. The van der Waals surface area contributed by atoms with Crippen molar-refractivity contribution < 1.29 is 0 Å². The molecule has 0 radical (unpaired) electrons. The number of nitrogens with zero attached hydrogens (tertiary/aromatic N) is 2. The largest absolute Gasteiger partial charge is 0.286 e. The van der Waals surface area contributed by atoms with Crippen LogP contribution in [0, 0.1) is 0 Å². The highest BCUT2D eigenvalue weighted by Gasteiger charge is 2.09. The first-order valence-corrected chi connectivity index (χ1v) is 4.16. The molecule has 0 fully saturated rings. The van der Waals surface area contributed by atoms with Crippen LogP contribution in [0.25, 0.3) is 0 Å². The van der Waals surface area contributed by atoms with Gasteiger partial charge in [0, 0.05) is 7.05 Å². The molecule has 1 heterocycles. The second-order valence-corrected chi connectivity index (χ2v) is 3.35. The van der Waals surface area contributed by atoms with Crippen LogP contribution in [-0.2, 0) is 7.05 Å². The van der Waals surface area contributed by atoms with Gasteiger partial charge in [0.1, 0.15) is 9.63 Å².